The van der Waals surface area contributed by atoms with Crippen molar-refractivity contribution >= 4 is 17.6 Å². The molecule has 6 heteroatoms. The van der Waals surface area contributed by atoms with Crippen LogP contribution in [-0.2, 0) is 9.53 Å². The highest BCUT2D eigenvalue weighted by atomic mass is 35.5. The number of phenols is 1. The Morgan fingerprint density at radius 1 is 1.42 bits per heavy atom. The molecule has 0 saturated heterocycles. The summed E-state index contributed by atoms with van der Waals surface area (Å²) in [7, 11) is 0. The summed E-state index contributed by atoms with van der Waals surface area (Å²) in [4.78, 5) is 11.6. The molecular weight excluding hydrogens is 333 g/mol. The highest BCUT2D eigenvalue weighted by Crippen LogP contribution is 2.38. The first kappa shape index (κ1) is 18.2. The van der Waals surface area contributed by atoms with Crippen LogP contribution in [-0.4, -0.2) is 17.7 Å². The van der Waals surface area contributed by atoms with Crippen LogP contribution in [0.25, 0.3) is 11.1 Å². The van der Waals surface area contributed by atoms with Gasteiger partial charge >= 0.3 is 5.97 Å². The van der Waals surface area contributed by atoms with Gasteiger partial charge in [0.05, 0.1) is 18.1 Å². The molecule has 4 nitrogen and oxygen atoms in total. The summed E-state index contributed by atoms with van der Waals surface area (Å²) in [5.41, 5.74) is 7.44. The van der Waals surface area contributed by atoms with Crippen LogP contribution in [0.1, 0.15) is 30.5 Å². The lowest BCUT2D eigenvalue weighted by molar-refractivity contribution is -0.143. The van der Waals surface area contributed by atoms with Gasteiger partial charge in [0.2, 0.25) is 0 Å². The number of rotatable bonds is 5. The van der Waals surface area contributed by atoms with E-state index in [9.17, 15) is 14.3 Å². The van der Waals surface area contributed by atoms with Crippen molar-refractivity contribution in [3.8, 4) is 16.9 Å². The molecule has 0 aliphatic rings. The van der Waals surface area contributed by atoms with Gasteiger partial charge in [0.15, 0.2) is 0 Å². The Hall–Kier alpha value is -2.11. The lowest BCUT2D eigenvalue weighted by Gasteiger charge is -2.16. The Morgan fingerprint density at radius 3 is 2.75 bits per heavy atom. The Kier molecular flexibility index (Phi) is 5.80. The highest BCUT2D eigenvalue weighted by Gasteiger charge is 2.20. The van der Waals surface area contributed by atoms with Crippen molar-refractivity contribution in [3.63, 3.8) is 0 Å². The molecule has 3 N–H and O–H groups in total. The van der Waals surface area contributed by atoms with Crippen LogP contribution in [0.4, 0.5) is 4.39 Å². The minimum absolute atomic E-state index is 0.0153. The number of esters is 1. The van der Waals surface area contributed by atoms with E-state index in [0.717, 1.165) is 0 Å². The molecule has 0 aliphatic heterocycles. The third-order valence-corrected chi connectivity index (χ3v) is 3.97. The van der Waals surface area contributed by atoms with Crippen molar-refractivity contribution < 1.29 is 19.0 Å². The van der Waals surface area contributed by atoms with Gasteiger partial charge in [-0.3, -0.25) is 4.79 Å². The van der Waals surface area contributed by atoms with Gasteiger partial charge in [0.25, 0.3) is 0 Å². The minimum atomic E-state index is -0.854. The maximum atomic E-state index is 14.5. The van der Waals surface area contributed by atoms with E-state index in [1.54, 1.807) is 32.0 Å². The summed E-state index contributed by atoms with van der Waals surface area (Å²) in [6.45, 7) is 3.52. The first-order valence-electron chi connectivity index (χ1n) is 7.54. The maximum Gasteiger partial charge on any atom is 0.307 e. The van der Waals surface area contributed by atoms with Gasteiger partial charge in [0.1, 0.15) is 11.6 Å². The number of phenolic OH excluding ortho intramolecular Hbond substituents is 1. The second kappa shape index (κ2) is 7.64. The van der Waals surface area contributed by atoms with E-state index in [4.69, 9.17) is 22.1 Å². The Balaban J connectivity index is 2.47. The summed E-state index contributed by atoms with van der Waals surface area (Å²) >= 11 is 6.15. The van der Waals surface area contributed by atoms with Crippen molar-refractivity contribution in [1.82, 2.24) is 0 Å². The molecule has 0 fully saturated rings. The van der Waals surface area contributed by atoms with Crippen molar-refractivity contribution in [2.24, 2.45) is 5.73 Å². The molecule has 0 amide bonds. The van der Waals surface area contributed by atoms with Gasteiger partial charge in [-0.25, -0.2) is 4.39 Å². The first-order chi connectivity index (χ1) is 11.3. The van der Waals surface area contributed by atoms with Crippen LogP contribution in [0.2, 0.25) is 5.02 Å². The van der Waals surface area contributed by atoms with Gasteiger partial charge in [-0.1, -0.05) is 17.7 Å². The number of hydrogen-bond donors (Lipinski definition) is 2. The van der Waals surface area contributed by atoms with Crippen molar-refractivity contribution in [3.05, 3.63) is 52.3 Å². The molecular formula is C18H19ClFNO3. The van der Waals surface area contributed by atoms with E-state index < -0.39 is 17.8 Å². The Bertz CT molecular complexity index is 744. The van der Waals surface area contributed by atoms with Gasteiger partial charge in [-0.05, 0) is 49.2 Å². The monoisotopic (exact) mass is 351 g/mol. The van der Waals surface area contributed by atoms with Crippen molar-refractivity contribution in [2.45, 2.75) is 26.3 Å². The molecule has 128 valence electrons. The highest BCUT2D eigenvalue weighted by molar-refractivity contribution is 6.33. The molecule has 0 radical (unpaired) electrons. The molecule has 0 heterocycles. The predicted molar refractivity (Wildman–Crippen MR) is 91.4 cm³/mol. The standard InChI is InChI=1S/C18H19ClFNO3/c1-3-24-16(23)9-14(21)12-8-11(7-10(2)18(12)20)17-13(19)5-4-6-15(17)22/h4-8,14,22H,3,9,21H2,1-2H3/t14-/m0/s1. The normalized spacial score (nSPS) is 12.0. The van der Waals surface area contributed by atoms with Crippen LogP contribution in [0, 0.1) is 12.7 Å². The van der Waals surface area contributed by atoms with E-state index in [-0.39, 0.29) is 24.3 Å². The summed E-state index contributed by atoms with van der Waals surface area (Å²) in [6, 6.07) is 6.98. The second-order valence-electron chi connectivity index (χ2n) is 5.45. The number of aryl methyl sites for hydroxylation is 1. The SMILES string of the molecule is CCOC(=O)C[C@H](N)c1cc(-c2c(O)cccc2Cl)cc(C)c1F. The third kappa shape index (κ3) is 3.86. The Labute approximate surface area is 145 Å². The van der Waals surface area contributed by atoms with Crippen LogP contribution in [0.3, 0.4) is 0 Å². The fourth-order valence-electron chi connectivity index (χ4n) is 2.52. The van der Waals surface area contributed by atoms with Crippen LogP contribution < -0.4 is 5.73 Å². The van der Waals surface area contributed by atoms with E-state index in [1.807, 2.05) is 0 Å². The van der Waals surface area contributed by atoms with Crippen LogP contribution >= 0.6 is 11.6 Å². The maximum absolute atomic E-state index is 14.5. The molecule has 2 rings (SSSR count). The molecule has 0 bridgehead atoms. The predicted octanol–water partition coefficient (Wildman–Crippen LogP) is 4.11. The fourth-order valence-corrected chi connectivity index (χ4v) is 2.80. The topological polar surface area (TPSA) is 72.5 Å². The number of benzene rings is 2. The van der Waals surface area contributed by atoms with Crippen LogP contribution in [0.15, 0.2) is 30.3 Å². The molecule has 24 heavy (non-hydrogen) atoms. The van der Waals surface area contributed by atoms with E-state index in [1.165, 1.54) is 12.1 Å². The molecule has 2 aromatic carbocycles. The molecule has 0 aromatic heterocycles. The first-order valence-corrected chi connectivity index (χ1v) is 7.92. The largest absolute Gasteiger partial charge is 0.507 e. The average molecular weight is 352 g/mol. The van der Waals surface area contributed by atoms with E-state index >= 15 is 0 Å². The van der Waals surface area contributed by atoms with E-state index in [0.29, 0.717) is 21.7 Å². The van der Waals surface area contributed by atoms with Gasteiger partial charge in [-0.2, -0.15) is 0 Å². The molecule has 0 aliphatic carbocycles. The number of carbonyl (C=O) groups excluding carboxylic acids is 1. The zero-order valence-electron chi connectivity index (χ0n) is 13.5. The number of hydrogen-bond acceptors (Lipinski definition) is 4. The average Bonchev–Trinajstić information content (AvgIpc) is 2.50. The summed E-state index contributed by atoms with van der Waals surface area (Å²) < 4.78 is 19.3. The lowest BCUT2D eigenvalue weighted by Crippen LogP contribution is -2.19. The van der Waals surface area contributed by atoms with Crippen LogP contribution in [0.5, 0.6) is 5.75 Å². The molecule has 2 aromatic rings. The molecule has 0 unspecified atom stereocenters. The zero-order valence-corrected chi connectivity index (χ0v) is 14.2. The Morgan fingerprint density at radius 2 is 2.12 bits per heavy atom. The summed E-state index contributed by atoms with van der Waals surface area (Å²) in [5, 5.41) is 10.4. The van der Waals surface area contributed by atoms with Gasteiger partial charge < -0.3 is 15.6 Å². The van der Waals surface area contributed by atoms with Gasteiger partial charge in [0, 0.05) is 17.2 Å². The molecule has 0 saturated carbocycles. The van der Waals surface area contributed by atoms with Crippen molar-refractivity contribution in [2.75, 3.05) is 6.61 Å². The molecule has 1 atom stereocenters. The summed E-state index contributed by atoms with van der Waals surface area (Å²) in [6.07, 6.45) is -0.137. The molecule has 0 spiro atoms. The smallest absolute Gasteiger partial charge is 0.307 e. The number of nitrogens with two attached hydrogens (primary N) is 1. The minimum Gasteiger partial charge on any atom is -0.507 e. The fraction of sp³-hybridized carbons (Fsp3) is 0.278. The zero-order chi connectivity index (χ0) is 17.9. The quantitative estimate of drug-likeness (QED) is 0.795. The van der Waals surface area contributed by atoms with E-state index in [2.05, 4.69) is 0 Å². The number of halogens is 2. The number of carbonyl (C=O) groups is 1. The number of aromatic hydroxyl groups is 1. The summed E-state index contributed by atoms with van der Waals surface area (Å²) in [5.74, 6) is -0.992. The second-order valence-corrected chi connectivity index (χ2v) is 5.85. The van der Waals surface area contributed by atoms with Crippen molar-refractivity contribution in [1.29, 1.82) is 0 Å². The third-order valence-electron chi connectivity index (χ3n) is 3.65. The lowest BCUT2D eigenvalue weighted by atomic mass is 9.94. The number of ether oxygens (including phenoxy) is 1. The van der Waals surface area contributed by atoms with Gasteiger partial charge in [-0.15, -0.1) is 0 Å².